The lowest BCUT2D eigenvalue weighted by atomic mass is 9.91. The molecule has 3 unspecified atom stereocenters. The fraction of sp³-hybridized carbons (Fsp3) is 0.480. The maximum atomic E-state index is 15.5. The van der Waals surface area contributed by atoms with Gasteiger partial charge in [-0.25, -0.2) is 9.37 Å². The second kappa shape index (κ2) is 8.09. The number of aromatic amines is 1. The third-order valence-corrected chi connectivity index (χ3v) is 7.47. The van der Waals surface area contributed by atoms with Crippen LogP contribution in [0.4, 0.5) is 4.39 Å². The fourth-order valence-electron chi connectivity index (χ4n) is 5.63. The van der Waals surface area contributed by atoms with Crippen LogP contribution in [-0.2, 0) is 4.74 Å². The van der Waals surface area contributed by atoms with Crippen LogP contribution < -0.4 is 5.32 Å². The van der Waals surface area contributed by atoms with Crippen LogP contribution in [0.1, 0.15) is 71.5 Å². The Balaban J connectivity index is 1.36. The van der Waals surface area contributed by atoms with Crippen LogP contribution in [0.5, 0.6) is 0 Å². The summed E-state index contributed by atoms with van der Waals surface area (Å²) < 4.78 is 25.9. The molecule has 0 spiro atoms. The van der Waals surface area contributed by atoms with E-state index < -0.39 is 0 Å². The van der Waals surface area contributed by atoms with Crippen molar-refractivity contribution in [2.45, 2.75) is 51.0 Å². The number of hydrogen-bond acceptors (Lipinski definition) is 5. The predicted molar refractivity (Wildman–Crippen MR) is 119 cm³/mol. The monoisotopic (exact) mass is 450 g/mol. The van der Waals surface area contributed by atoms with Crippen molar-refractivity contribution in [2.24, 2.45) is 11.8 Å². The molecular formula is C25H27FN4O3. The molecule has 1 saturated heterocycles. The Morgan fingerprint density at radius 2 is 2.12 bits per heavy atom. The summed E-state index contributed by atoms with van der Waals surface area (Å²) in [5, 5.41) is 6.96. The number of aromatic nitrogens is 3. The van der Waals surface area contributed by atoms with Crippen molar-refractivity contribution in [3.05, 3.63) is 58.5 Å². The molecule has 1 aromatic carbocycles. The number of aryl methyl sites for hydroxylation is 1. The molecule has 33 heavy (non-hydrogen) atoms. The Hall–Kier alpha value is -3.00. The Morgan fingerprint density at radius 1 is 1.27 bits per heavy atom. The number of benzene rings is 1. The maximum absolute atomic E-state index is 15.5. The normalized spacial score (nSPS) is 23.8. The van der Waals surface area contributed by atoms with Crippen molar-refractivity contribution in [3.8, 4) is 0 Å². The van der Waals surface area contributed by atoms with Crippen LogP contribution in [0, 0.1) is 24.6 Å². The van der Waals surface area contributed by atoms with Crippen LogP contribution >= 0.6 is 0 Å². The van der Waals surface area contributed by atoms with Gasteiger partial charge in [-0.3, -0.25) is 4.79 Å². The molecule has 2 aliphatic carbocycles. The molecule has 3 heterocycles. The van der Waals surface area contributed by atoms with E-state index in [1.165, 1.54) is 11.8 Å². The summed E-state index contributed by atoms with van der Waals surface area (Å²) in [6.45, 7) is 3.05. The number of ether oxygens (including phenoxy) is 1. The highest BCUT2D eigenvalue weighted by atomic mass is 19.1. The molecule has 2 N–H and O–H groups in total. The fourth-order valence-corrected chi connectivity index (χ4v) is 5.63. The third kappa shape index (κ3) is 3.57. The van der Waals surface area contributed by atoms with Gasteiger partial charge < -0.3 is 19.6 Å². The SMILES string of the molecule is Cc1nocc1C(=O)NC(c1nc2c(F)c(C3CCOCC3)ccc2[nH]1)C1C2=CCCCC21. The molecule has 172 valence electrons. The minimum Gasteiger partial charge on any atom is -0.381 e. The molecule has 8 heteroatoms. The molecule has 6 rings (SSSR count). The number of fused-ring (bicyclic) bond motifs is 2. The lowest BCUT2D eigenvalue weighted by Crippen LogP contribution is -2.31. The molecule has 1 aliphatic heterocycles. The highest BCUT2D eigenvalue weighted by Crippen LogP contribution is 2.57. The van der Waals surface area contributed by atoms with E-state index >= 15 is 4.39 Å². The Labute approximate surface area is 190 Å². The zero-order valence-corrected chi connectivity index (χ0v) is 18.6. The maximum Gasteiger partial charge on any atom is 0.257 e. The molecule has 1 amide bonds. The smallest absolute Gasteiger partial charge is 0.257 e. The number of halogens is 1. The number of amides is 1. The topological polar surface area (TPSA) is 93.0 Å². The van der Waals surface area contributed by atoms with E-state index in [4.69, 9.17) is 14.2 Å². The van der Waals surface area contributed by atoms with Gasteiger partial charge in [0.25, 0.3) is 5.91 Å². The Morgan fingerprint density at radius 3 is 2.85 bits per heavy atom. The number of rotatable bonds is 5. The van der Waals surface area contributed by atoms with Gasteiger partial charge in [0.1, 0.15) is 23.2 Å². The van der Waals surface area contributed by atoms with Crippen LogP contribution in [0.25, 0.3) is 11.0 Å². The van der Waals surface area contributed by atoms with Crippen molar-refractivity contribution in [1.29, 1.82) is 0 Å². The van der Waals surface area contributed by atoms with Gasteiger partial charge in [0.2, 0.25) is 0 Å². The van der Waals surface area contributed by atoms with E-state index in [1.54, 1.807) is 6.92 Å². The molecular weight excluding hydrogens is 423 g/mol. The second-order valence-electron chi connectivity index (χ2n) is 9.41. The van der Waals surface area contributed by atoms with Crippen LogP contribution in [0.2, 0.25) is 0 Å². The number of H-pyrrole nitrogens is 1. The first-order valence-corrected chi connectivity index (χ1v) is 11.8. The van der Waals surface area contributed by atoms with E-state index in [0.29, 0.717) is 52.8 Å². The van der Waals surface area contributed by atoms with Gasteiger partial charge in [0, 0.05) is 19.1 Å². The minimum atomic E-state index is -0.362. The lowest BCUT2D eigenvalue weighted by Gasteiger charge is -2.22. The Bertz CT molecular complexity index is 1240. The summed E-state index contributed by atoms with van der Waals surface area (Å²) in [6, 6.07) is 3.41. The first-order valence-electron chi connectivity index (χ1n) is 11.8. The third-order valence-electron chi connectivity index (χ3n) is 7.47. The summed E-state index contributed by atoms with van der Waals surface area (Å²) in [4.78, 5) is 21.0. The zero-order valence-electron chi connectivity index (χ0n) is 18.6. The average Bonchev–Trinajstić information content (AvgIpc) is 3.13. The van der Waals surface area contributed by atoms with Gasteiger partial charge in [-0.1, -0.05) is 22.9 Å². The summed E-state index contributed by atoms with van der Waals surface area (Å²) >= 11 is 0. The Kier molecular flexibility index (Phi) is 5.05. The summed E-state index contributed by atoms with van der Waals surface area (Å²) in [5.74, 6) is 0.836. The van der Waals surface area contributed by atoms with Gasteiger partial charge in [-0.15, -0.1) is 0 Å². The van der Waals surface area contributed by atoms with Gasteiger partial charge in [-0.05, 0) is 62.5 Å². The lowest BCUT2D eigenvalue weighted by molar-refractivity contribution is 0.0846. The minimum absolute atomic E-state index is 0.145. The number of hydrogen-bond donors (Lipinski definition) is 2. The van der Waals surface area contributed by atoms with Gasteiger partial charge >= 0.3 is 0 Å². The summed E-state index contributed by atoms with van der Waals surface area (Å²) in [7, 11) is 0. The highest BCUT2D eigenvalue weighted by Gasteiger charge is 2.51. The van der Waals surface area contributed by atoms with Crippen molar-refractivity contribution in [3.63, 3.8) is 0 Å². The molecule has 7 nitrogen and oxygen atoms in total. The number of carbonyl (C=O) groups excluding carboxylic acids is 1. The summed E-state index contributed by atoms with van der Waals surface area (Å²) in [5.41, 5.74) is 4.00. The van der Waals surface area contributed by atoms with Crippen molar-refractivity contribution in [1.82, 2.24) is 20.4 Å². The molecule has 2 fully saturated rings. The molecule has 0 radical (unpaired) electrons. The van der Waals surface area contributed by atoms with E-state index in [2.05, 4.69) is 21.5 Å². The quantitative estimate of drug-likeness (QED) is 0.549. The van der Waals surface area contributed by atoms with Crippen LogP contribution in [0.15, 0.2) is 34.6 Å². The summed E-state index contributed by atoms with van der Waals surface area (Å²) in [6.07, 6.45) is 8.60. The highest BCUT2D eigenvalue weighted by molar-refractivity contribution is 5.95. The number of nitrogens with one attached hydrogen (secondary N) is 2. The number of imidazole rings is 1. The van der Waals surface area contributed by atoms with Crippen molar-refractivity contribution in [2.75, 3.05) is 13.2 Å². The standard InChI is InChI=1S/C25H27FN4O3/c1-13-18(12-33-30-13)25(31)29-23(20-16-4-2-3-5-17(16)20)24-27-19-7-6-15(21(26)22(19)28-24)14-8-10-32-11-9-14/h4,6-7,12,14,17,20,23H,2-3,5,8-11H2,1H3,(H,27,28)(H,29,31). The molecule has 3 aromatic rings. The van der Waals surface area contributed by atoms with Gasteiger partial charge in [0.05, 0.1) is 17.3 Å². The van der Waals surface area contributed by atoms with Crippen molar-refractivity contribution >= 4 is 16.9 Å². The second-order valence-corrected chi connectivity index (χ2v) is 9.41. The van der Waals surface area contributed by atoms with Crippen molar-refractivity contribution < 1.29 is 18.4 Å². The predicted octanol–water partition coefficient (Wildman–Crippen LogP) is 4.72. The molecule has 0 bridgehead atoms. The average molecular weight is 451 g/mol. The van der Waals surface area contributed by atoms with E-state index in [-0.39, 0.29) is 29.6 Å². The molecule has 3 atom stereocenters. The molecule has 3 aliphatic rings. The number of allylic oxidation sites excluding steroid dienone is 1. The largest absolute Gasteiger partial charge is 0.381 e. The number of nitrogens with zero attached hydrogens (tertiary/aromatic N) is 2. The van der Waals surface area contributed by atoms with Gasteiger partial charge in [-0.2, -0.15) is 0 Å². The van der Waals surface area contributed by atoms with E-state index in [1.807, 2.05) is 12.1 Å². The first kappa shape index (κ1) is 20.6. The van der Waals surface area contributed by atoms with Crippen LogP contribution in [-0.4, -0.2) is 34.2 Å². The van der Waals surface area contributed by atoms with E-state index in [0.717, 1.165) is 32.1 Å². The van der Waals surface area contributed by atoms with Crippen LogP contribution in [0.3, 0.4) is 0 Å². The molecule has 1 saturated carbocycles. The number of carbonyl (C=O) groups is 1. The zero-order chi connectivity index (χ0) is 22.5. The first-order chi connectivity index (χ1) is 16.1. The van der Waals surface area contributed by atoms with E-state index in [9.17, 15) is 4.79 Å². The molecule has 2 aromatic heterocycles. The van der Waals surface area contributed by atoms with Gasteiger partial charge in [0.15, 0.2) is 5.82 Å².